The highest BCUT2D eigenvalue weighted by molar-refractivity contribution is 9.10. The largest absolute Gasteiger partial charge is 0.478 e. The Balaban J connectivity index is 3.26. The van der Waals surface area contributed by atoms with Gasteiger partial charge in [-0.05, 0) is 30.7 Å². The first kappa shape index (κ1) is 10.7. The fraction of sp³-hybridized carbons (Fsp3) is 0.222. The molecule has 1 N–H and O–H groups in total. The summed E-state index contributed by atoms with van der Waals surface area (Å²) < 4.78 is 0.888. The van der Waals surface area contributed by atoms with E-state index in [1.807, 2.05) is 13.0 Å². The van der Waals surface area contributed by atoms with Crippen molar-refractivity contribution < 1.29 is 9.90 Å². The second-order valence-corrected chi connectivity index (χ2v) is 4.94. The molecule has 0 spiro atoms. The van der Waals surface area contributed by atoms with Gasteiger partial charge in [-0.1, -0.05) is 31.9 Å². The second kappa shape index (κ2) is 4.24. The minimum Gasteiger partial charge on any atom is -0.478 e. The van der Waals surface area contributed by atoms with Gasteiger partial charge in [0.25, 0.3) is 0 Å². The first-order valence-corrected chi connectivity index (χ1v) is 5.40. The van der Waals surface area contributed by atoms with Crippen molar-refractivity contribution >= 4 is 37.8 Å². The molecule has 0 fully saturated rings. The van der Waals surface area contributed by atoms with Gasteiger partial charge < -0.3 is 5.11 Å². The summed E-state index contributed by atoms with van der Waals surface area (Å²) in [7, 11) is 0. The smallest absolute Gasteiger partial charge is 0.336 e. The molecule has 13 heavy (non-hydrogen) atoms. The Labute approximate surface area is 93.2 Å². The summed E-state index contributed by atoms with van der Waals surface area (Å²) in [6, 6.07) is 5.13. The third kappa shape index (κ3) is 2.54. The van der Waals surface area contributed by atoms with Crippen molar-refractivity contribution in [3.05, 3.63) is 33.8 Å². The molecule has 0 aliphatic rings. The van der Waals surface area contributed by atoms with Crippen molar-refractivity contribution in [1.29, 1.82) is 0 Å². The van der Waals surface area contributed by atoms with E-state index in [9.17, 15) is 4.79 Å². The fourth-order valence-electron chi connectivity index (χ4n) is 1.06. The maximum absolute atomic E-state index is 10.8. The summed E-state index contributed by atoms with van der Waals surface area (Å²) in [5.41, 5.74) is 1.12. The number of hydrogen-bond donors (Lipinski definition) is 1. The first-order chi connectivity index (χ1) is 6.02. The van der Waals surface area contributed by atoms with Gasteiger partial charge in [0.15, 0.2) is 0 Å². The van der Waals surface area contributed by atoms with E-state index in [1.165, 1.54) is 0 Å². The van der Waals surface area contributed by atoms with E-state index < -0.39 is 5.97 Å². The number of halogens is 2. The Morgan fingerprint density at radius 3 is 2.62 bits per heavy atom. The summed E-state index contributed by atoms with van der Waals surface area (Å²) in [5.74, 6) is -0.895. The molecule has 2 nitrogen and oxygen atoms in total. The lowest BCUT2D eigenvalue weighted by molar-refractivity contribution is 0.0695. The van der Waals surface area contributed by atoms with E-state index in [0.717, 1.165) is 10.0 Å². The molecule has 0 aromatic heterocycles. The van der Waals surface area contributed by atoms with Crippen LogP contribution in [0.25, 0.3) is 0 Å². The number of carboxylic acids is 1. The van der Waals surface area contributed by atoms with E-state index in [2.05, 4.69) is 31.9 Å². The molecule has 0 amide bonds. The quantitative estimate of drug-likeness (QED) is 0.848. The molecule has 0 bridgehead atoms. The predicted molar refractivity (Wildman–Crippen MR) is 58.4 cm³/mol. The molecule has 0 aliphatic carbocycles. The van der Waals surface area contributed by atoms with Crippen molar-refractivity contribution in [2.24, 2.45) is 0 Å². The molecule has 1 aromatic rings. The van der Waals surface area contributed by atoms with Gasteiger partial charge in [0.05, 0.1) is 5.56 Å². The normalized spacial score (nSPS) is 12.5. The second-order valence-electron chi connectivity index (χ2n) is 2.65. The van der Waals surface area contributed by atoms with Gasteiger partial charge in [-0.25, -0.2) is 4.79 Å². The number of rotatable bonds is 2. The molecule has 1 aromatic carbocycles. The van der Waals surface area contributed by atoms with Gasteiger partial charge in [-0.15, -0.1) is 0 Å². The van der Waals surface area contributed by atoms with Gasteiger partial charge in [-0.3, -0.25) is 0 Å². The van der Waals surface area contributed by atoms with Crippen LogP contribution < -0.4 is 0 Å². The molecule has 0 saturated carbocycles. The van der Waals surface area contributed by atoms with Crippen LogP contribution in [0.5, 0.6) is 0 Å². The standard InChI is InChI=1S/C9H8Br2O2/c1-5(10)8-4-6(11)2-3-7(8)9(12)13/h2-5H,1H3,(H,12,13). The van der Waals surface area contributed by atoms with Gasteiger partial charge >= 0.3 is 5.97 Å². The Bertz CT molecular complexity index is 334. The van der Waals surface area contributed by atoms with Crippen molar-refractivity contribution in [3.63, 3.8) is 0 Å². The minimum atomic E-state index is -0.895. The van der Waals surface area contributed by atoms with Crippen molar-refractivity contribution in [2.45, 2.75) is 11.8 Å². The first-order valence-electron chi connectivity index (χ1n) is 3.69. The van der Waals surface area contributed by atoms with E-state index in [1.54, 1.807) is 12.1 Å². The Morgan fingerprint density at radius 1 is 1.54 bits per heavy atom. The predicted octanol–water partition coefficient (Wildman–Crippen LogP) is 3.60. The third-order valence-electron chi connectivity index (χ3n) is 1.67. The lowest BCUT2D eigenvalue weighted by atomic mass is 10.1. The topological polar surface area (TPSA) is 37.3 Å². The van der Waals surface area contributed by atoms with Crippen LogP contribution >= 0.6 is 31.9 Å². The zero-order valence-electron chi connectivity index (χ0n) is 6.92. The maximum atomic E-state index is 10.8. The maximum Gasteiger partial charge on any atom is 0.336 e. The van der Waals surface area contributed by atoms with Crippen LogP contribution in [0.3, 0.4) is 0 Å². The molecule has 0 aliphatic heterocycles. The van der Waals surface area contributed by atoms with Gasteiger partial charge in [-0.2, -0.15) is 0 Å². The van der Waals surface area contributed by atoms with Crippen molar-refractivity contribution in [3.8, 4) is 0 Å². The third-order valence-corrected chi connectivity index (χ3v) is 2.66. The monoisotopic (exact) mass is 306 g/mol. The Morgan fingerprint density at radius 2 is 2.15 bits per heavy atom. The van der Waals surface area contributed by atoms with Crippen LogP contribution in [0.4, 0.5) is 0 Å². The summed E-state index contributed by atoms with van der Waals surface area (Å²) in [6.45, 7) is 1.90. The average molecular weight is 308 g/mol. The molecular weight excluding hydrogens is 300 g/mol. The van der Waals surface area contributed by atoms with Gasteiger partial charge in [0.2, 0.25) is 0 Å². The molecule has 70 valence electrons. The van der Waals surface area contributed by atoms with Crippen LogP contribution in [0.1, 0.15) is 27.7 Å². The summed E-state index contributed by atoms with van der Waals surface area (Å²) >= 11 is 6.65. The number of carbonyl (C=O) groups is 1. The summed E-state index contributed by atoms with van der Waals surface area (Å²) in [5, 5.41) is 8.87. The van der Waals surface area contributed by atoms with E-state index >= 15 is 0 Å². The zero-order valence-corrected chi connectivity index (χ0v) is 10.1. The zero-order chi connectivity index (χ0) is 10.0. The molecule has 1 rings (SSSR count). The van der Waals surface area contributed by atoms with E-state index in [0.29, 0.717) is 5.56 Å². The fourth-order valence-corrected chi connectivity index (χ4v) is 1.82. The van der Waals surface area contributed by atoms with Crippen molar-refractivity contribution in [2.75, 3.05) is 0 Å². The lowest BCUT2D eigenvalue weighted by Gasteiger charge is -2.08. The van der Waals surface area contributed by atoms with E-state index in [-0.39, 0.29) is 4.83 Å². The molecule has 1 atom stereocenters. The molecule has 0 heterocycles. The SMILES string of the molecule is CC(Br)c1cc(Br)ccc1C(=O)O. The summed E-state index contributed by atoms with van der Waals surface area (Å²) in [6.07, 6.45) is 0. The lowest BCUT2D eigenvalue weighted by Crippen LogP contribution is -2.02. The molecule has 0 saturated heterocycles. The van der Waals surface area contributed by atoms with Gasteiger partial charge in [0, 0.05) is 9.30 Å². The highest BCUT2D eigenvalue weighted by atomic mass is 79.9. The molecule has 1 unspecified atom stereocenters. The number of hydrogen-bond acceptors (Lipinski definition) is 1. The van der Waals surface area contributed by atoms with Crippen LogP contribution in [0.2, 0.25) is 0 Å². The minimum absolute atomic E-state index is 0.0381. The number of alkyl halides is 1. The van der Waals surface area contributed by atoms with E-state index in [4.69, 9.17) is 5.11 Å². The summed E-state index contributed by atoms with van der Waals surface area (Å²) in [4.78, 5) is 10.8. The molecule has 0 radical (unpaired) electrons. The van der Waals surface area contributed by atoms with Crippen LogP contribution in [-0.4, -0.2) is 11.1 Å². The molecular formula is C9H8Br2O2. The highest BCUT2D eigenvalue weighted by Gasteiger charge is 2.13. The highest BCUT2D eigenvalue weighted by Crippen LogP contribution is 2.28. The Kier molecular flexibility index (Phi) is 3.50. The van der Waals surface area contributed by atoms with Gasteiger partial charge in [0.1, 0.15) is 0 Å². The number of aromatic carboxylic acids is 1. The molecule has 4 heteroatoms. The van der Waals surface area contributed by atoms with Crippen molar-refractivity contribution in [1.82, 2.24) is 0 Å². The van der Waals surface area contributed by atoms with Crippen LogP contribution in [0.15, 0.2) is 22.7 Å². The van der Waals surface area contributed by atoms with Crippen LogP contribution in [0, 0.1) is 0 Å². The Hall–Kier alpha value is -0.350. The average Bonchev–Trinajstić information content (AvgIpc) is 2.03. The number of benzene rings is 1. The van der Waals surface area contributed by atoms with Crippen LogP contribution in [-0.2, 0) is 0 Å². The number of carboxylic acid groups (broad SMARTS) is 1.